The van der Waals surface area contributed by atoms with E-state index in [4.69, 9.17) is 4.74 Å². The highest BCUT2D eigenvalue weighted by atomic mass is 79.9. The van der Waals surface area contributed by atoms with Crippen LogP contribution in [0.2, 0.25) is 0 Å². The van der Waals surface area contributed by atoms with E-state index in [-0.39, 0.29) is 0 Å². The van der Waals surface area contributed by atoms with Crippen LogP contribution in [0.3, 0.4) is 0 Å². The van der Waals surface area contributed by atoms with Crippen molar-refractivity contribution in [2.24, 2.45) is 5.92 Å². The maximum absolute atomic E-state index is 11.6. The Bertz CT molecular complexity index is 1010. The summed E-state index contributed by atoms with van der Waals surface area (Å²) in [6.45, 7) is 1.35. The SMILES string of the molecule is CS(=O)c1cccc(COc2cc3ncnc(NCC4CC4)c3cc2Br)c1. The zero-order chi connectivity index (χ0) is 18.8. The van der Waals surface area contributed by atoms with E-state index >= 15 is 0 Å². The zero-order valence-corrected chi connectivity index (χ0v) is 17.3. The summed E-state index contributed by atoms with van der Waals surface area (Å²) >= 11 is 3.60. The lowest BCUT2D eigenvalue weighted by molar-refractivity contribution is 0.304. The van der Waals surface area contributed by atoms with Crippen LogP contribution in [0.5, 0.6) is 5.75 Å². The third-order valence-corrected chi connectivity index (χ3v) is 6.11. The maximum atomic E-state index is 11.6. The lowest BCUT2D eigenvalue weighted by atomic mass is 10.2. The summed E-state index contributed by atoms with van der Waals surface area (Å²) in [5.41, 5.74) is 1.81. The van der Waals surface area contributed by atoms with Crippen molar-refractivity contribution in [3.8, 4) is 5.75 Å². The van der Waals surface area contributed by atoms with E-state index < -0.39 is 10.8 Å². The molecule has 1 unspecified atom stereocenters. The summed E-state index contributed by atoms with van der Waals surface area (Å²) in [5.74, 6) is 2.35. The van der Waals surface area contributed by atoms with Crippen molar-refractivity contribution in [2.45, 2.75) is 24.3 Å². The summed E-state index contributed by atoms with van der Waals surface area (Å²) in [6.07, 6.45) is 5.85. The molecule has 0 amide bonds. The van der Waals surface area contributed by atoms with Gasteiger partial charge in [0, 0.05) is 39.9 Å². The zero-order valence-electron chi connectivity index (χ0n) is 14.9. The highest BCUT2D eigenvalue weighted by Gasteiger charge is 2.21. The molecule has 1 heterocycles. The Morgan fingerprint density at radius 3 is 2.89 bits per heavy atom. The molecule has 1 aliphatic rings. The van der Waals surface area contributed by atoms with Gasteiger partial charge in [-0.3, -0.25) is 4.21 Å². The maximum Gasteiger partial charge on any atom is 0.137 e. The number of hydrogen-bond donors (Lipinski definition) is 1. The van der Waals surface area contributed by atoms with Gasteiger partial charge >= 0.3 is 0 Å². The Kier molecular flexibility index (Phi) is 5.41. The van der Waals surface area contributed by atoms with Gasteiger partial charge < -0.3 is 10.1 Å². The molecule has 1 N–H and O–H groups in total. The topological polar surface area (TPSA) is 64.1 Å². The van der Waals surface area contributed by atoms with E-state index in [1.54, 1.807) is 12.6 Å². The van der Waals surface area contributed by atoms with Crippen LogP contribution in [0.1, 0.15) is 18.4 Å². The first-order valence-electron chi connectivity index (χ1n) is 8.83. The molecule has 1 fully saturated rings. The van der Waals surface area contributed by atoms with Crippen LogP contribution in [-0.2, 0) is 17.4 Å². The van der Waals surface area contributed by atoms with E-state index in [1.807, 2.05) is 36.4 Å². The molecule has 2 aromatic carbocycles. The molecule has 1 aromatic heterocycles. The van der Waals surface area contributed by atoms with Gasteiger partial charge in [0.25, 0.3) is 0 Å². The van der Waals surface area contributed by atoms with Crippen LogP contribution in [0.25, 0.3) is 10.9 Å². The molecule has 0 aliphatic heterocycles. The van der Waals surface area contributed by atoms with E-state index in [0.717, 1.165) is 49.9 Å². The Labute approximate surface area is 169 Å². The fraction of sp³-hybridized carbons (Fsp3) is 0.300. The van der Waals surface area contributed by atoms with E-state index in [2.05, 4.69) is 31.2 Å². The lowest BCUT2D eigenvalue weighted by Gasteiger charge is -2.12. The van der Waals surface area contributed by atoms with E-state index in [0.29, 0.717) is 6.61 Å². The van der Waals surface area contributed by atoms with Crippen molar-refractivity contribution in [2.75, 3.05) is 18.1 Å². The summed E-state index contributed by atoms with van der Waals surface area (Å²) < 4.78 is 18.5. The van der Waals surface area contributed by atoms with Gasteiger partial charge in [0.05, 0.1) is 9.99 Å². The summed E-state index contributed by atoms with van der Waals surface area (Å²) in [5, 5.41) is 4.40. The predicted molar refractivity (Wildman–Crippen MR) is 112 cm³/mol. The second-order valence-corrected chi connectivity index (χ2v) is 8.97. The van der Waals surface area contributed by atoms with Crippen molar-refractivity contribution < 1.29 is 8.95 Å². The van der Waals surface area contributed by atoms with Crippen molar-refractivity contribution in [3.05, 3.63) is 52.8 Å². The molecular weight excluding hydrogens is 426 g/mol. The van der Waals surface area contributed by atoms with Crippen molar-refractivity contribution in [3.63, 3.8) is 0 Å². The van der Waals surface area contributed by atoms with Crippen molar-refractivity contribution in [1.82, 2.24) is 9.97 Å². The molecule has 140 valence electrons. The van der Waals surface area contributed by atoms with Crippen LogP contribution in [0.4, 0.5) is 5.82 Å². The molecule has 0 spiro atoms. The van der Waals surface area contributed by atoms with E-state index in [1.165, 1.54) is 12.8 Å². The van der Waals surface area contributed by atoms with Crippen LogP contribution < -0.4 is 10.1 Å². The molecule has 0 saturated heterocycles. The number of rotatable bonds is 7. The third-order valence-electron chi connectivity index (χ3n) is 4.57. The van der Waals surface area contributed by atoms with Gasteiger partial charge in [-0.05, 0) is 58.5 Å². The Hall–Kier alpha value is -1.99. The normalized spacial score (nSPS) is 14.9. The summed E-state index contributed by atoms with van der Waals surface area (Å²) in [4.78, 5) is 9.57. The van der Waals surface area contributed by atoms with Crippen LogP contribution >= 0.6 is 15.9 Å². The Morgan fingerprint density at radius 1 is 1.26 bits per heavy atom. The van der Waals surface area contributed by atoms with E-state index in [9.17, 15) is 4.21 Å². The number of nitrogens with zero attached hydrogens (tertiary/aromatic N) is 2. The molecule has 27 heavy (non-hydrogen) atoms. The number of nitrogens with one attached hydrogen (secondary N) is 1. The van der Waals surface area contributed by atoms with Gasteiger partial charge in [-0.1, -0.05) is 12.1 Å². The highest BCUT2D eigenvalue weighted by molar-refractivity contribution is 9.10. The summed E-state index contributed by atoms with van der Waals surface area (Å²) in [7, 11) is -1.00. The summed E-state index contributed by atoms with van der Waals surface area (Å²) in [6, 6.07) is 11.6. The number of benzene rings is 2. The average molecular weight is 446 g/mol. The minimum absolute atomic E-state index is 0.396. The molecular formula is C20H20BrN3O2S. The van der Waals surface area contributed by atoms with Crippen molar-refractivity contribution in [1.29, 1.82) is 0 Å². The van der Waals surface area contributed by atoms with Gasteiger partial charge in [-0.15, -0.1) is 0 Å². The molecule has 4 rings (SSSR count). The Balaban J connectivity index is 1.54. The van der Waals surface area contributed by atoms with Crippen LogP contribution in [0.15, 0.2) is 52.1 Å². The van der Waals surface area contributed by atoms with Gasteiger partial charge in [0.1, 0.15) is 24.5 Å². The fourth-order valence-electron chi connectivity index (χ4n) is 2.85. The van der Waals surface area contributed by atoms with Gasteiger partial charge in [0.15, 0.2) is 0 Å². The molecule has 1 aliphatic carbocycles. The van der Waals surface area contributed by atoms with Gasteiger partial charge in [-0.2, -0.15) is 0 Å². The third kappa shape index (κ3) is 4.47. The number of ether oxygens (including phenoxy) is 1. The molecule has 0 radical (unpaired) electrons. The number of hydrogen-bond acceptors (Lipinski definition) is 5. The van der Waals surface area contributed by atoms with Gasteiger partial charge in [0.2, 0.25) is 0 Å². The fourth-order valence-corrected chi connectivity index (χ4v) is 3.89. The molecule has 5 nitrogen and oxygen atoms in total. The number of anilines is 1. The van der Waals surface area contributed by atoms with Crippen LogP contribution in [0, 0.1) is 5.92 Å². The first-order chi connectivity index (χ1) is 13.1. The second-order valence-electron chi connectivity index (χ2n) is 6.74. The van der Waals surface area contributed by atoms with Gasteiger partial charge in [-0.25, -0.2) is 9.97 Å². The standard InChI is InChI=1S/C20H20BrN3O2S/c1-27(25)15-4-2-3-14(7-15)11-26-19-9-18-16(8-17(19)21)20(24-12-23-18)22-10-13-5-6-13/h2-4,7-9,12-13H,5-6,10-11H2,1H3,(H,22,23,24). The Morgan fingerprint density at radius 2 is 2.11 bits per heavy atom. The first kappa shape index (κ1) is 18.4. The largest absolute Gasteiger partial charge is 0.488 e. The molecule has 7 heteroatoms. The predicted octanol–water partition coefficient (Wildman–Crippen LogP) is 4.53. The second kappa shape index (κ2) is 7.94. The number of aromatic nitrogens is 2. The van der Waals surface area contributed by atoms with Crippen molar-refractivity contribution >= 4 is 43.5 Å². The molecule has 0 bridgehead atoms. The number of fused-ring (bicyclic) bond motifs is 1. The highest BCUT2D eigenvalue weighted by Crippen LogP contribution is 2.34. The minimum atomic E-state index is -1.00. The monoisotopic (exact) mass is 445 g/mol. The molecule has 1 atom stereocenters. The number of halogens is 1. The lowest BCUT2D eigenvalue weighted by Crippen LogP contribution is -2.06. The van der Waals surface area contributed by atoms with Crippen LogP contribution in [-0.4, -0.2) is 27.0 Å². The first-order valence-corrected chi connectivity index (χ1v) is 11.2. The minimum Gasteiger partial charge on any atom is -0.488 e. The molecule has 3 aromatic rings. The smallest absolute Gasteiger partial charge is 0.137 e. The average Bonchev–Trinajstić information content (AvgIpc) is 3.49. The molecule has 1 saturated carbocycles. The quantitative estimate of drug-likeness (QED) is 0.578.